The summed E-state index contributed by atoms with van der Waals surface area (Å²) in [6, 6.07) is 49.2. The average Bonchev–Trinajstić information content (AvgIpc) is 3.63. The maximum absolute atomic E-state index is 9.26. The SMILES string of the molecule is N#CC/C=C(\C=C/N)C1C=CC=C(c2ccc3c(c2)C2(c4ccccc4-c4ccccc42)c2cc(-c4ccccc4)c4ccccc4c2-3)N1. The Morgan fingerprint density at radius 1 is 0.694 bits per heavy atom. The molecule has 1 unspecified atom stereocenters. The molecule has 2 aliphatic carbocycles. The van der Waals surface area contributed by atoms with Gasteiger partial charge in [0.1, 0.15) is 0 Å². The zero-order valence-electron chi connectivity index (χ0n) is 26.9. The van der Waals surface area contributed by atoms with Gasteiger partial charge in [-0.05, 0) is 108 Å². The number of hydrogen-bond acceptors (Lipinski definition) is 3. The van der Waals surface area contributed by atoms with Gasteiger partial charge in [-0.1, -0.05) is 133 Å². The van der Waals surface area contributed by atoms with E-state index in [1.54, 1.807) is 0 Å². The highest BCUT2D eigenvalue weighted by molar-refractivity contribution is 6.11. The second-order valence-corrected chi connectivity index (χ2v) is 12.9. The summed E-state index contributed by atoms with van der Waals surface area (Å²) in [7, 11) is 0. The topological polar surface area (TPSA) is 61.8 Å². The number of allylic oxidation sites excluding steroid dienone is 3. The van der Waals surface area contributed by atoms with Crippen LogP contribution >= 0.6 is 0 Å². The van der Waals surface area contributed by atoms with E-state index in [4.69, 9.17) is 5.73 Å². The van der Waals surface area contributed by atoms with Gasteiger partial charge in [0.2, 0.25) is 0 Å². The van der Waals surface area contributed by atoms with E-state index in [1.807, 2.05) is 12.2 Å². The summed E-state index contributed by atoms with van der Waals surface area (Å²) in [5.41, 5.74) is 21.3. The highest BCUT2D eigenvalue weighted by Crippen LogP contribution is 2.64. The number of nitrogens with one attached hydrogen (secondary N) is 1. The van der Waals surface area contributed by atoms with Gasteiger partial charge in [0, 0.05) is 5.70 Å². The van der Waals surface area contributed by atoms with Crippen molar-refractivity contribution in [2.75, 3.05) is 0 Å². The third-order valence-corrected chi connectivity index (χ3v) is 10.4. The van der Waals surface area contributed by atoms with Crippen molar-refractivity contribution in [3.8, 4) is 39.4 Å². The van der Waals surface area contributed by atoms with Crippen molar-refractivity contribution in [1.82, 2.24) is 5.32 Å². The zero-order chi connectivity index (χ0) is 33.0. The van der Waals surface area contributed by atoms with Gasteiger partial charge in [-0.3, -0.25) is 0 Å². The predicted molar refractivity (Wildman–Crippen MR) is 201 cm³/mol. The van der Waals surface area contributed by atoms with Crippen molar-refractivity contribution >= 4 is 16.5 Å². The maximum atomic E-state index is 9.26. The van der Waals surface area contributed by atoms with Gasteiger partial charge in [0.05, 0.1) is 23.9 Å². The number of benzene rings is 6. The summed E-state index contributed by atoms with van der Waals surface area (Å²) < 4.78 is 0. The standard InChI is InChI=1S/C46H33N3/c47-26-11-14-31(25-27-48)43-21-10-22-44(49-43)32-23-24-37-41(28-32)46(39-19-8-6-16-34(39)35-17-7-9-20-40(35)46)42-29-38(30-12-2-1-3-13-30)33-15-4-5-18-36(33)45(37)42/h1-10,12-25,27-29,43,49H,11,48H2/b27-25-,31-14+. The lowest BCUT2D eigenvalue weighted by Gasteiger charge is -2.31. The van der Waals surface area contributed by atoms with E-state index in [1.165, 1.54) is 72.6 Å². The molecule has 1 spiro atoms. The van der Waals surface area contributed by atoms with Crippen molar-refractivity contribution in [3.63, 3.8) is 0 Å². The van der Waals surface area contributed by atoms with E-state index in [0.29, 0.717) is 6.42 Å². The van der Waals surface area contributed by atoms with Crippen molar-refractivity contribution in [3.05, 3.63) is 197 Å². The van der Waals surface area contributed by atoms with Crippen LogP contribution in [0.2, 0.25) is 0 Å². The lowest BCUT2D eigenvalue weighted by molar-refractivity contribution is 0.791. The van der Waals surface area contributed by atoms with Crippen LogP contribution in [0.25, 0.3) is 49.9 Å². The first kappa shape index (κ1) is 28.8. The van der Waals surface area contributed by atoms with E-state index in [0.717, 1.165) is 16.8 Å². The number of nitriles is 1. The van der Waals surface area contributed by atoms with Crippen LogP contribution in [0.5, 0.6) is 0 Å². The molecule has 3 aliphatic rings. The minimum Gasteiger partial charge on any atom is -0.405 e. The molecule has 232 valence electrons. The van der Waals surface area contributed by atoms with Gasteiger partial charge in [0.25, 0.3) is 0 Å². The van der Waals surface area contributed by atoms with E-state index in [9.17, 15) is 5.26 Å². The monoisotopic (exact) mass is 627 g/mol. The zero-order valence-corrected chi connectivity index (χ0v) is 26.9. The van der Waals surface area contributed by atoms with Gasteiger partial charge < -0.3 is 11.1 Å². The largest absolute Gasteiger partial charge is 0.405 e. The minimum atomic E-state index is -0.494. The number of fused-ring (bicyclic) bond motifs is 12. The summed E-state index contributed by atoms with van der Waals surface area (Å²) >= 11 is 0. The molecule has 0 radical (unpaired) electrons. The lowest BCUT2D eigenvalue weighted by Crippen LogP contribution is -2.30. The molecule has 1 heterocycles. The Balaban J connectivity index is 1.32. The molecular weight excluding hydrogens is 595 g/mol. The fourth-order valence-corrected chi connectivity index (χ4v) is 8.49. The molecule has 1 aliphatic heterocycles. The normalized spacial score (nSPS) is 16.5. The van der Waals surface area contributed by atoms with E-state index in [2.05, 4.69) is 157 Å². The number of nitrogens with two attached hydrogens (primary N) is 1. The van der Waals surface area contributed by atoms with Gasteiger partial charge in [-0.25, -0.2) is 0 Å². The summed E-state index contributed by atoms with van der Waals surface area (Å²) in [4.78, 5) is 0. The highest BCUT2D eigenvalue weighted by Gasteiger charge is 2.52. The van der Waals surface area contributed by atoms with Crippen LogP contribution in [0.4, 0.5) is 0 Å². The van der Waals surface area contributed by atoms with Crippen LogP contribution in [0.3, 0.4) is 0 Å². The van der Waals surface area contributed by atoms with Crippen LogP contribution in [-0.4, -0.2) is 6.04 Å². The summed E-state index contributed by atoms with van der Waals surface area (Å²) in [5, 5.41) is 15.5. The number of hydrogen-bond donors (Lipinski definition) is 2. The Kier molecular flexibility index (Phi) is 6.71. The van der Waals surface area contributed by atoms with Gasteiger partial charge >= 0.3 is 0 Å². The van der Waals surface area contributed by atoms with Crippen LogP contribution < -0.4 is 11.1 Å². The lowest BCUT2D eigenvalue weighted by atomic mass is 9.69. The first-order valence-electron chi connectivity index (χ1n) is 16.8. The third kappa shape index (κ3) is 4.21. The minimum absolute atomic E-state index is 0.0992. The first-order valence-corrected chi connectivity index (χ1v) is 16.8. The smallest absolute Gasteiger partial charge is 0.0726 e. The maximum Gasteiger partial charge on any atom is 0.0726 e. The molecule has 0 aromatic heterocycles. The Hall–Kier alpha value is -6.37. The third-order valence-electron chi connectivity index (χ3n) is 10.4. The molecule has 0 saturated heterocycles. The second-order valence-electron chi connectivity index (χ2n) is 12.9. The average molecular weight is 628 g/mol. The van der Waals surface area contributed by atoms with Gasteiger partial charge in [0.15, 0.2) is 0 Å². The van der Waals surface area contributed by atoms with Gasteiger partial charge in [-0.15, -0.1) is 0 Å². The van der Waals surface area contributed by atoms with E-state index in [-0.39, 0.29) is 6.04 Å². The first-order chi connectivity index (χ1) is 24.2. The molecule has 9 rings (SSSR count). The van der Waals surface area contributed by atoms with Crippen molar-refractivity contribution in [1.29, 1.82) is 5.26 Å². The molecule has 6 aromatic rings. The Morgan fingerprint density at radius 3 is 2.12 bits per heavy atom. The number of nitrogens with zero attached hydrogens (tertiary/aromatic N) is 1. The Morgan fingerprint density at radius 2 is 1.39 bits per heavy atom. The highest BCUT2D eigenvalue weighted by atomic mass is 14.9. The Labute approximate surface area is 286 Å². The van der Waals surface area contributed by atoms with Crippen LogP contribution in [0, 0.1) is 11.3 Å². The second kappa shape index (κ2) is 11.4. The quantitative estimate of drug-likeness (QED) is 0.187. The molecule has 1 atom stereocenters. The molecule has 6 aromatic carbocycles. The van der Waals surface area contributed by atoms with Crippen LogP contribution in [0.15, 0.2) is 170 Å². The van der Waals surface area contributed by atoms with Gasteiger partial charge in [-0.2, -0.15) is 5.26 Å². The van der Waals surface area contributed by atoms with Crippen molar-refractivity contribution < 1.29 is 0 Å². The molecule has 3 heteroatoms. The molecule has 49 heavy (non-hydrogen) atoms. The Bertz CT molecular complexity index is 2430. The fourth-order valence-electron chi connectivity index (χ4n) is 8.49. The molecule has 0 amide bonds. The molecular formula is C46H33N3. The predicted octanol–water partition coefficient (Wildman–Crippen LogP) is 10.0. The van der Waals surface area contributed by atoms with Crippen LogP contribution in [-0.2, 0) is 5.41 Å². The molecule has 0 bridgehead atoms. The summed E-state index contributed by atoms with van der Waals surface area (Å²) in [6.07, 6.45) is 12.0. The van der Waals surface area contributed by atoms with Crippen molar-refractivity contribution in [2.45, 2.75) is 17.9 Å². The number of dihydropyridines is 1. The van der Waals surface area contributed by atoms with E-state index >= 15 is 0 Å². The number of rotatable bonds is 5. The van der Waals surface area contributed by atoms with E-state index < -0.39 is 5.41 Å². The summed E-state index contributed by atoms with van der Waals surface area (Å²) in [5.74, 6) is 0. The molecule has 3 nitrogen and oxygen atoms in total. The molecule has 3 N–H and O–H groups in total. The van der Waals surface area contributed by atoms with Crippen molar-refractivity contribution in [2.24, 2.45) is 5.73 Å². The molecule has 0 fully saturated rings. The molecule has 0 saturated carbocycles. The van der Waals surface area contributed by atoms with Crippen LogP contribution in [0.1, 0.15) is 34.2 Å². The fraction of sp³-hybridized carbons (Fsp3) is 0.0652. The summed E-state index contributed by atoms with van der Waals surface area (Å²) in [6.45, 7) is 0.